The van der Waals surface area contributed by atoms with Crippen molar-refractivity contribution in [3.05, 3.63) is 35.6 Å². The molecular weight excluding hydrogens is 228 g/mol. The van der Waals surface area contributed by atoms with Crippen LogP contribution in [0, 0.1) is 0 Å². The number of halogens is 1. The van der Waals surface area contributed by atoms with Crippen molar-refractivity contribution >= 4 is 28.4 Å². The van der Waals surface area contributed by atoms with Crippen molar-refractivity contribution in [1.29, 1.82) is 0 Å². The van der Waals surface area contributed by atoms with Gasteiger partial charge in [0.25, 0.3) is 0 Å². The molecule has 0 unspecified atom stereocenters. The number of hydrogen-bond donors (Lipinski definition) is 1. The van der Waals surface area contributed by atoms with Crippen molar-refractivity contribution in [1.82, 2.24) is 14.8 Å². The van der Waals surface area contributed by atoms with Gasteiger partial charge in [0.1, 0.15) is 5.52 Å². The molecule has 3 rings (SSSR count). The molecule has 2 heterocycles. The number of nitrogen functional groups attached to an aromatic ring is 1. The summed E-state index contributed by atoms with van der Waals surface area (Å²) in [5.41, 5.74) is 7.65. The Labute approximate surface area is 95.4 Å². The molecule has 80 valence electrons. The summed E-state index contributed by atoms with van der Waals surface area (Å²) in [7, 11) is 0. The number of nitrogens with zero attached hydrogens (tertiary/aromatic N) is 3. The molecule has 0 fully saturated rings. The van der Waals surface area contributed by atoms with E-state index in [4.69, 9.17) is 21.8 Å². The van der Waals surface area contributed by atoms with Crippen molar-refractivity contribution in [2.75, 3.05) is 5.73 Å². The molecule has 3 aromatic rings. The van der Waals surface area contributed by atoms with E-state index in [-0.39, 0.29) is 0 Å². The molecule has 0 bridgehead atoms. The lowest BCUT2D eigenvalue weighted by Gasteiger charge is -1.89. The third-order valence-electron chi connectivity index (χ3n) is 2.15. The third kappa shape index (κ3) is 1.42. The number of benzene rings is 1. The van der Waals surface area contributed by atoms with Crippen LogP contribution in [0.4, 0.5) is 5.69 Å². The topological polar surface area (TPSA) is 69.9 Å². The summed E-state index contributed by atoms with van der Waals surface area (Å²) >= 11 is 5.76. The Morgan fingerprint density at radius 3 is 3.00 bits per heavy atom. The molecule has 0 saturated carbocycles. The van der Waals surface area contributed by atoms with Crippen molar-refractivity contribution < 1.29 is 4.42 Å². The second-order valence-corrected chi connectivity index (χ2v) is 3.76. The second-order valence-electron chi connectivity index (χ2n) is 3.33. The van der Waals surface area contributed by atoms with Gasteiger partial charge in [0.2, 0.25) is 0 Å². The van der Waals surface area contributed by atoms with Crippen LogP contribution in [0.2, 0.25) is 5.02 Å². The lowest BCUT2D eigenvalue weighted by Crippen LogP contribution is -1.93. The molecule has 0 spiro atoms. The molecule has 1 aromatic carbocycles. The number of aromatic nitrogens is 3. The van der Waals surface area contributed by atoms with Gasteiger partial charge in [-0.15, -0.1) is 0 Å². The fraction of sp³-hybridized carbons (Fsp3) is 0. The van der Waals surface area contributed by atoms with Crippen LogP contribution in [0.5, 0.6) is 0 Å². The molecule has 0 atom stereocenters. The predicted molar refractivity (Wildman–Crippen MR) is 60.6 cm³/mol. The zero-order valence-electron chi connectivity index (χ0n) is 8.09. The van der Waals surface area contributed by atoms with E-state index < -0.39 is 0 Å². The van der Waals surface area contributed by atoms with E-state index in [1.54, 1.807) is 24.4 Å². The Balaban J connectivity index is 2.18. The Morgan fingerprint density at radius 1 is 1.38 bits per heavy atom. The predicted octanol–water partition coefficient (Wildman–Crippen LogP) is 2.25. The van der Waals surface area contributed by atoms with Gasteiger partial charge in [0, 0.05) is 5.69 Å². The molecule has 6 heteroatoms. The van der Waals surface area contributed by atoms with Crippen molar-refractivity contribution in [3.63, 3.8) is 0 Å². The minimum absolute atomic E-state index is 0.368. The van der Waals surface area contributed by atoms with E-state index in [1.165, 1.54) is 10.9 Å². The first kappa shape index (κ1) is 9.23. The third-order valence-corrected chi connectivity index (χ3v) is 2.34. The summed E-state index contributed by atoms with van der Waals surface area (Å²) in [6, 6.07) is 5.64. The zero-order chi connectivity index (χ0) is 11.1. The highest BCUT2D eigenvalue weighted by molar-refractivity contribution is 6.30. The van der Waals surface area contributed by atoms with Gasteiger partial charge in [-0.05, 0) is 18.2 Å². The number of anilines is 1. The lowest BCUT2D eigenvalue weighted by atomic mass is 10.3. The molecule has 0 aliphatic carbocycles. The van der Waals surface area contributed by atoms with Crippen LogP contribution in [0.1, 0.15) is 0 Å². The van der Waals surface area contributed by atoms with Crippen LogP contribution < -0.4 is 5.73 Å². The molecule has 0 aliphatic heterocycles. The van der Waals surface area contributed by atoms with Gasteiger partial charge in [-0.25, -0.2) is 0 Å². The van der Waals surface area contributed by atoms with E-state index in [0.717, 1.165) is 0 Å². The van der Waals surface area contributed by atoms with Gasteiger partial charge >= 0.3 is 6.01 Å². The fourth-order valence-corrected chi connectivity index (χ4v) is 1.57. The Kier molecular flexibility index (Phi) is 1.87. The van der Waals surface area contributed by atoms with Crippen LogP contribution in [0.3, 0.4) is 0 Å². The van der Waals surface area contributed by atoms with Gasteiger partial charge < -0.3 is 10.2 Å². The quantitative estimate of drug-likeness (QED) is 0.656. The monoisotopic (exact) mass is 234 g/mol. The van der Waals surface area contributed by atoms with E-state index in [9.17, 15) is 0 Å². The number of oxazole rings is 1. The first-order chi connectivity index (χ1) is 7.72. The van der Waals surface area contributed by atoms with Gasteiger partial charge in [0.05, 0.1) is 17.4 Å². The second kappa shape index (κ2) is 3.24. The molecule has 2 aromatic heterocycles. The molecule has 0 saturated heterocycles. The Morgan fingerprint density at radius 2 is 2.25 bits per heavy atom. The number of nitrogens with two attached hydrogens (primary N) is 1. The Hall–Kier alpha value is -2.01. The van der Waals surface area contributed by atoms with Crippen LogP contribution in [0.25, 0.3) is 17.1 Å². The smallest absolute Gasteiger partial charge is 0.323 e. The minimum Gasteiger partial charge on any atom is -0.422 e. The highest BCUT2D eigenvalue weighted by Gasteiger charge is 2.08. The first-order valence-corrected chi connectivity index (χ1v) is 4.97. The lowest BCUT2D eigenvalue weighted by molar-refractivity contribution is 0.543. The zero-order valence-corrected chi connectivity index (χ0v) is 8.85. The maximum absolute atomic E-state index is 5.76. The molecular formula is C10H7ClN4O. The van der Waals surface area contributed by atoms with Crippen molar-refractivity contribution in [2.45, 2.75) is 0 Å². The summed E-state index contributed by atoms with van der Waals surface area (Å²) in [6.07, 6.45) is 3.14. The summed E-state index contributed by atoms with van der Waals surface area (Å²) in [5, 5.41) is 4.53. The molecule has 2 N–H and O–H groups in total. The average molecular weight is 235 g/mol. The van der Waals surface area contributed by atoms with E-state index in [1.807, 2.05) is 0 Å². The van der Waals surface area contributed by atoms with Crippen molar-refractivity contribution in [3.8, 4) is 6.01 Å². The van der Waals surface area contributed by atoms with Gasteiger partial charge in [-0.1, -0.05) is 11.6 Å². The van der Waals surface area contributed by atoms with Gasteiger partial charge in [0.15, 0.2) is 5.58 Å². The summed E-state index contributed by atoms with van der Waals surface area (Å²) < 4.78 is 6.97. The summed E-state index contributed by atoms with van der Waals surface area (Å²) in [4.78, 5) is 4.25. The average Bonchev–Trinajstić information content (AvgIpc) is 2.83. The van der Waals surface area contributed by atoms with Crippen LogP contribution >= 0.6 is 11.6 Å². The number of hydrogen-bond acceptors (Lipinski definition) is 4. The van der Waals surface area contributed by atoms with Crippen LogP contribution in [-0.2, 0) is 0 Å². The molecule has 0 radical (unpaired) electrons. The molecule has 16 heavy (non-hydrogen) atoms. The number of rotatable bonds is 1. The maximum Gasteiger partial charge on any atom is 0.323 e. The largest absolute Gasteiger partial charge is 0.422 e. The van der Waals surface area contributed by atoms with E-state index in [2.05, 4.69) is 10.1 Å². The van der Waals surface area contributed by atoms with E-state index in [0.29, 0.717) is 27.8 Å². The van der Waals surface area contributed by atoms with Crippen LogP contribution in [0.15, 0.2) is 35.0 Å². The normalized spacial score (nSPS) is 11.1. The highest BCUT2D eigenvalue weighted by Crippen LogP contribution is 2.20. The summed E-state index contributed by atoms with van der Waals surface area (Å²) in [6.45, 7) is 0. The fourth-order valence-electron chi connectivity index (χ4n) is 1.44. The summed E-state index contributed by atoms with van der Waals surface area (Å²) in [5.74, 6) is 0. The van der Waals surface area contributed by atoms with Crippen molar-refractivity contribution in [2.24, 2.45) is 0 Å². The molecule has 5 nitrogen and oxygen atoms in total. The van der Waals surface area contributed by atoms with Crippen LogP contribution in [-0.4, -0.2) is 14.8 Å². The standard InChI is InChI=1S/C10H7ClN4O/c11-6-4-13-15(5-6)10-14-8-3-7(12)1-2-9(8)16-10/h1-5H,12H2. The van der Waals surface area contributed by atoms with E-state index >= 15 is 0 Å². The van der Waals surface area contributed by atoms with Gasteiger partial charge in [-0.3, -0.25) is 0 Å². The highest BCUT2D eigenvalue weighted by atomic mass is 35.5. The molecule has 0 aliphatic rings. The molecule has 0 amide bonds. The van der Waals surface area contributed by atoms with Gasteiger partial charge in [-0.2, -0.15) is 14.8 Å². The Bertz CT molecular complexity index is 658. The maximum atomic E-state index is 5.76. The minimum atomic E-state index is 0.368. The number of fused-ring (bicyclic) bond motifs is 1. The first-order valence-electron chi connectivity index (χ1n) is 4.59. The SMILES string of the molecule is Nc1ccc2oc(-n3cc(Cl)cn3)nc2c1.